The van der Waals surface area contributed by atoms with Gasteiger partial charge in [0.2, 0.25) is 0 Å². The lowest BCUT2D eigenvalue weighted by atomic mass is 9.99. The molecule has 1 aliphatic heterocycles. The van der Waals surface area contributed by atoms with Crippen LogP contribution >= 0.6 is 0 Å². The second-order valence-corrected chi connectivity index (χ2v) is 12.3. The first-order valence-electron chi connectivity index (χ1n) is 13.5. The zero-order valence-corrected chi connectivity index (χ0v) is 25.2. The highest BCUT2D eigenvalue weighted by molar-refractivity contribution is 7.92. The molecule has 3 atom stereocenters. The number of fused-ring (bicyclic) bond motifs is 1. The van der Waals surface area contributed by atoms with Gasteiger partial charge >= 0.3 is 12.2 Å². The van der Waals surface area contributed by atoms with Gasteiger partial charge in [-0.2, -0.15) is 21.6 Å². The average Bonchev–Trinajstić information content (AvgIpc) is 3.41. The number of ether oxygens (including phenoxy) is 1. The molecular weight excluding hydrogens is 605 g/mol. The third-order valence-corrected chi connectivity index (χ3v) is 8.41. The molecule has 1 aromatic heterocycles. The molecule has 0 radical (unpaired) electrons. The minimum absolute atomic E-state index is 0.0333. The van der Waals surface area contributed by atoms with Gasteiger partial charge in [0, 0.05) is 38.4 Å². The summed E-state index contributed by atoms with van der Waals surface area (Å²) in [5.74, 6) is -0.984. The fraction of sp³-hybridized carbons (Fsp3) is 0.393. The number of alkyl halides is 3. The molecule has 0 aliphatic carbocycles. The van der Waals surface area contributed by atoms with Gasteiger partial charge in [-0.25, -0.2) is 9.78 Å². The third-order valence-electron chi connectivity index (χ3n) is 7.16. The molecule has 238 valence electrons. The molecule has 2 aromatic carbocycles. The van der Waals surface area contributed by atoms with Crippen molar-refractivity contribution in [3.8, 4) is 5.75 Å². The number of hydrogen-bond donors (Lipinski definition) is 3. The van der Waals surface area contributed by atoms with E-state index in [-0.39, 0.29) is 47.4 Å². The lowest BCUT2D eigenvalue weighted by Crippen LogP contribution is -2.50. The van der Waals surface area contributed by atoms with Crippen molar-refractivity contribution in [1.82, 2.24) is 19.4 Å². The Kier molecular flexibility index (Phi) is 9.44. The fourth-order valence-electron chi connectivity index (χ4n) is 4.58. The number of nitrogens with one attached hydrogen (secondary N) is 2. The molecule has 0 unspecified atom stereocenters. The van der Waals surface area contributed by atoms with Gasteiger partial charge in [0.25, 0.3) is 15.9 Å². The number of nitrogens with zero attached hydrogens (tertiary/aromatic N) is 4. The average molecular weight is 639 g/mol. The van der Waals surface area contributed by atoms with Gasteiger partial charge in [0.05, 0.1) is 42.3 Å². The van der Waals surface area contributed by atoms with Crippen molar-refractivity contribution in [3.63, 3.8) is 0 Å². The summed E-state index contributed by atoms with van der Waals surface area (Å²) in [6, 6.07) is 7.15. The van der Waals surface area contributed by atoms with Crippen molar-refractivity contribution in [2.75, 3.05) is 36.8 Å². The van der Waals surface area contributed by atoms with Gasteiger partial charge in [-0.3, -0.25) is 9.52 Å². The molecule has 0 saturated carbocycles. The standard InChI is InChI=1S/C28H33F3N6O6S/c1-17-12-37(18(2)15-38)26(39)21-6-5-7-22(34-44(41,42)24-14-35(3)16-32-24)25(21)43-23(17)13-36(4)27(40)33-20-10-8-19(9-11-20)28(29,30)31/h5-11,14,16-18,23,34,38H,12-13,15H2,1-4H3,(H,33,40)/t17-,18+,23-/m1/s1. The number of para-hydroxylation sites is 1. The number of sulfonamides is 1. The molecule has 0 fully saturated rings. The van der Waals surface area contributed by atoms with Crippen molar-refractivity contribution in [3.05, 3.63) is 66.1 Å². The summed E-state index contributed by atoms with van der Waals surface area (Å²) in [6.07, 6.45) is -2.68. The number of imidazole rings is 1. The summed E-state index contributed by atoms with van der Waals surface area (Å²) in [6.45, 7) is 3.20. The normalized spacial score (nSPS) is 18.0. The third kappa shape index (κ3) is 7.24. The van der Waals surface area contributed by atoms with Crippen LogP contribution < -0.4 is 14.8 Å². The van der Waals surface area contributed by atoms with E-state index in [2.05, 4.69) is 15.0 Å². The van der Waals surface area contributed by atoms with E-state index < -0.39 is 51.8 Å². The smallest absolute Gasteiger partial charge is 0.416 e. The van der Waals surface area contributed by atoms with Crippen LogP contribution in [0.4, 0.5) is 29.3 Å². The summed E-state index contributed by atoms with van der Waals surface area (Å²) in [4.78, 5) is 33.3. The van der Waals surface area contributed by atoms with Crippen LogP contribution in [0.15, 0.2) is 60.0 Å². The van der Waals surface area contributed by atoms with E-state index in [1.54, 1.807) is 20.9 Å². The molecule has 0 bridgehead atoms. The number of carbonyl (C=O) groups excluding carboxylic acids is 2. The number of anilines is 2. The Morgan fingerprint density at radius 2 is 1.91 bits per heavy atom. The second kappa shape index (κ2) is 12.7. The van der Waals surface area contributed by atoms with Crippen LogP contribution in [-0.2, 0) is 23.2 Å². The minimum atomic E-state index is -4.52. The number of amides is 3. The highest BCUT2D eigenvalue weighted by Gasteiger charge is 2.36. The van der Waals surface area contributed by atoms with E-state index in [4.69, 9.17) is 4.74 Å². The first-order valence-corrected chi connectivity index (χ1v) is 15.0. The predicted molar refractivity (Wildman–Crippen MR) is 155 cm³/mol. The van der Waals surface area contributed by atoms with Crippen LogP contribution in [0, 0.1) is 5.92 Å². The number of halogens is 3. The SMILES string of the molecule is C[C@@H]1CN([C@@H](C)CO)C(=O)c2cccc(NS(=O)(=O)c3cn(C)cn3)c2O[C@@H]1CN(C)C(=O)Nc1ccc(C(F)(F)F)cc1. The number of urea groups is 1. The first kappa shape index (κ1) is 32.6. The van der Waals surface area contributed by atoms with Crippen molar-refractivity contribution >= 4 is 33.3 Å². The number of aliphatic hydroxyl groups is 1. The molecule has 16 heteroatoms. The number of aliphatic hydroxyl groups excluding tert-OH is 1. The Morgan fingerprint density at radius 3 is 2.50 bits per heavy atom. The number of likely N-dealkylation sites (N-methyl/N-ethyl adjacent to an activating group) is 1. The number of hydrogen-bond acceptors (Lipinski definition) is 7. The number of aryl methyl sites for hydroxylation is 1. The molecule has 0 saturated heterocycles. The molecule has 4 rings (SSSR count). The van der Waals surface area contributed by atoms with Crippen LogP contribution in [0.2, 0.25) is 0 Å². The Balaban J connectivity index is 1.64. The second-order valence-electron chi connectivity index (χ2n) is 10.7. The van der Waals surface area contributed by atoms with Crippen molar-refractivity contribution in [2.24, 2.45) is 13.0 Å². The zero-order valence-electron chi connectivity index (χ0n) is 24.4. The van der Waals surface area contributed by atoms with E-state index in [1.165, 1.54) is 52.1 Å². The molecule has 2 heterocycles. The fourth-order valence-corrected chi connectivity index (χ4v) is 5.63. The summed E-state index contributed by atoms with van der Waals surface area (Å²) in [5.41, 5.74) is -0.703. The van der Waals surface area contributed by atoms with E-state index in [1.807, 2.05) is 0 Å². The Morgan fingerprint density at radius 1 is 1.23 bits per heavy atom. The molecule has 12 nitrogen and oxygen atoms in total. The Hall–Kier alpha value is -4.31. The molecule has 3 aromatic rings. The van der Waals surface area contributed by atoms with Gasteiger partial charge in [-0.15, -0.1) is 0 Å². The monoisotopic (exact) mass is 638 g/mol. The number of aromatic nitrogens is 2. The number of carbonyl (C=O) groups is 2. The Bertz CT molecular complexity index is 1610. The molecule has 3 amide bonds. The first-order chi connectivity index (χ1) is 20.6. The topological polar surface area (TPSA) is 146 Å². The summed E-state index contributed by atoms with van der Waals surface area (Å²) < 4.78 is 75.2. The molecular formula is C28H33F3N6O6S. The molecule has 0 spiro atoms. The lowest BCUT2D eigenvalue weighted by molar-refractivity contribution is -0.137. The largest absolute Gasteiger partial charge is 0.485 e. The van der Waals surface area contributed by atoms with Gasteiger partial charge < -0.3 is 29.5 Å². The maximum Gasteiger partial charge on any atom is 0.416 e. The van der Waals surface area contributed by atoms with E-state index in [0.717, 1.165) is 24.3 Å². The van der Waals surface area contributed by atoms with Gasteiger partial charge in [0.1, 0.15) is 6.10 Å². The highest BCUT2D eigenvalue weighted by atomic mass is 32.2. The summed E-state index contributed by atoms with van der Waals surface area (Å²) in [7, 11) is -1.11. The van der Waals surface area contributed by atoms with E-state index in [0.29, 0.717) is 0 Å². The zero-order chi connectivity index (χ0) is 32.4. The maximum atomic E-state index is 13.6. The van der Waals surface area contributed by atoms with Crippen molar-refractivity contribution < 1.29 is 41.0 Å². The van der Waals surface area contributed by atoms with E-state index in [9.17, 15) is 36.3 Å². The van der Waals surface area contributed by atoms with E-state index >= 15 is 0 Å². The number of rotatable bonds is 8. The maximum absolute atomic E-state index is 13.6. The number of benzene rings is 2. The summed E-state index contributed by atoms with van der Waals surface area (Å²) in [5, 5.41) is 12.2. The van der Waals surface area contributed by atoms with Crippen LogP contribution in [0.3, 0.4) is 0 Å². The summed E-state index contributed by atoms with van der Waals surface area (Å²) >= 11 is 0. The predicted octanol–water partition coefficient (Wildman–Crippen LogP) is 3.62. The van der Waals surface area contributed by atoms with Crippen LogP contribution in [-0.4, -0.2) is 83.7 Å². The van der Waals surface area contributed by atoms with Crippen molar-refractivity contribution in [2.45, 2.75) is 37.2 Å². The lowest BCUT2D eigenvalue weighted by Gasteiger charge is -2.38. The van der Waals surface area contributed by atoms with Crippen LogP contribution in [0.1, 0.15) is 29.8 Å². The highest BCUT2D eigenvalue weighted by Crippen LogP contribution is 2.36. The van der Waals surface area contributed by atoms with Gasteiger partial charge in [0.15, 0.2) is 10.8 Å². The molecule has 1 aliphatic rings. The van der Waals surface area contributed by atoms with Crippen LogP contribution in [0.5, 0.6) is 5.75 Å². The minimum Gasteiger partial charge on any atom is -0.485 e. The van der Waals surface area contributed by atoms with Gasteiger partial charge in [-0.1, -0.05) is 13.0 Å². The molecule has 44 heavy (non-hydrogen) atoms. The quantitative estimate of drug-likeness (QED) is 0.342. The Labute approximate surface area is 252 Å². The van der Waals surface area contributed by atoms with Crippen molar-refractivity contribution in [1.29, 1.82) is 0 Å². The van der Waals surface area contributed by atoms with Crippen LogP contribution in [0.25, 0.3) is 0 Å². The molecule has 3 N–H and O–H groups in total. The van der Waals surface area contributed by atoms with Gasteiger partial charge in [-0.05, 0) is 43.3 Å².